The maximum atomic E-state index is 11.2. The molecule has 0 saturated heterocycles. The van der Waals surface area contributed by atoms with E-state index in [0.29, 0.717) is 6.42 Å². The monoisotopic (exact) mass is 226 g/mol. The molecule has 92 valence electrons. The van der Waals surface area contributed by atoms with Crippen molar-refractivity contribution in [2.45, 2.75) is 45.1 Å². The van der Waals surface area contributed by atoms with Gasteiger partial charge in [0.1, 0.15) is 0 Å². The van der Waals surface area contributed by atoms with Gasteiger partial charge in [-0.15, -0.1) is 0 Å². The van der Waals surface area contributed by atoms with E-state index in [1.807, 2.05) is 0 Å². The summed E-state index contributed by atoms with van der Waals surface area (Å²) < 4.78 is 4.68. The Morgan fingerprint density at radius 1 is 1.44 bits per heavy atom. The Morgan fingerprint density at radius 3 is 2.81 bits per heavy atom. The summed E-state index contributed by atoms with van der Waals surface area (Å²) in [5.74, 6) is 0.342. The van der Waals surface area contributed by atoms with Crippen LogP contribution in [0.3, 0.4) is 0 Å². The van der Waals surface area contributed by atoms with E-state index < -0.39 is 0 Å². The van der Waals surface area contributed by atoms with Crippen molar-refractivity contribution >= 4 is 5.97 Å². The van der Waals surface area contributed by atoms with Gasteiger partial charge in [-0.2, -0.15) is 0 Å². The summed E-state index contributed by atoms with van der Waals surface area (Å²) >= 11 is 0. The number of methoxy groups -OCH3 is 1. The molecular formula is C13H22O3. The number of rotatable bonds is 5. The molecule has 0 amide bonds. The van der Waals surface area contributed by atoms with Crippen LogP contribution in [0.2, 0.25) is 0 Å². The minimum atomic E-state index is -0.254. The molecule has 1 rings (SSSR count). The number of carbonyl (C=O) groups excluding carboxylic acids is 1. The van der Waals surface area contributed by atoms with Crippen molar-refractivity contribution in [3.05, 3.63) is 12.2 Å². The van der Waals surface area contributed by atoms with Gasteiger partial charge in [-0.25, -0.2) is 0 Å². The summed E-state index contributed by atoms with van der Waals surface area (Å²) in [5.41, 5.74) is 0. The standard InChI is InChI=1S/C13H22O3/c1-3-4-5-6-11-10(7-8-12(11)14)9-13(15)16-2/h4-5,10-12,14H,3,6-9H2,1-2H3/b5-4-. The van der Waals surface area contributed by atoms with E-state index in [1.54, 1.807) is 0 Å². The predicted octanol–water partition coefficient (Wildman–Crippen LogP) is 2.29. The summed E-state index contributed by atoms with van der Waals surface area (Å²) in [5, 5.41) is 9.86. The largest absolute Gasteiger partial charge is 0.469 e. The summed E-state index contributed by atoms with van der Waals surface area (Å²) in [6.07, 6.45) is 8.05. The van der Waals surface area contributed by atoms with Gasteiger partial charge < -0.3 is 9.84 Å². The van der Waals surface area contributed by atoms with Gasteiger partial charge >= 0.3 is 5.97 Å². The number of aliphatic hydroxyl groups is 1. The fourth-order valence-electron chi connectivity index (χ4n) is 2.45. The highest BCUT2D eigenvalue weighted by molar-refractivity contribution is 5.69. The first kappa shape index (κ1) is 13.2. The Hall–Kier alpha value is -0.830. The minimum absolute atomic E-state index is 0.163. The van der Waals surface area contributed by atoms with E-state index in [-0.39, 0.29) is 23.9 Å². The summed E-state index contributed by atoms with van der Waals surface area (Å²) in [6.45, 7) is 2.09. The smallest absolute Gasteiger partial charge is 0.305 e. The number of hydrogen-bond donors (Lipinski definition) is 1. The molecule has 1 N–H and O–H groups in total. The first-order chi connectivity index (χ1) is 7.69. The van der Waals surface area contributed by atoms with Crippen molar-refractivity contribution in [1.29, 1.82) is 0 Å². The van der Waals surface area contributed by atoms with Crippen molar-refractivity contribution in [2.75, 3.05) is 7.11 Å². The first-order valence-electron chi connectivity index (χ1n) is 6.08. The average Bonchev–Trinajstić information content (AvgIpc) is 2.61. The second-order valence-corrected chi connectivity index (χ2v) is 4.46. The van der Waals surface area contributed by atoms with Gasteiger partial charge in [-0.1, -0.05) is 19.1 Å². The second kappa shape index (κ2) is 6.69. The van der Waals surface area contributed by atoms with Crippen molar-refractivity contribution in [1.82, 2.24) is 0 Å². The molecule has 0 heterocycles. The Bertz CT molecular complexity index is 248. The van der Waals surface area contributed by atoms with E-state index >= 15 is 0 Å². The van der Waals surface area contributed by atoms with Gasteiger partial charge in [-0.05, 0) is 37.5 Å². The van der Waals surface area contributed by atoms with Crippen molar-refractivity contribution in [2.24, 2.45) is 11.8 Å². The molecule has 1 saturated carbocycles. The summed E-state index contributed by atoms with van der Waals surface area (Å²) in [7, 11) is 1.42. The zero-order chi connectivity index (χ0) is 12.0. The quantitative estimate of drug-likeness (QED) is 0.578. The zero-order valence-corrected chi connectivity index (χ0v) is 10.2. The molecule has 0 bridgehead atoms. The number of esters is 1. The number of hydrogen-bond acceptors (Lipinski definition) is 3. The molecule has 0 aromatic carbocycles. The van der Waals surface area contributed by atoms with Gasteiger partial charge in [0.05, 0.1) is 13.2 Å². The van der Waals surface area contributed by atoms with Crippen LogP contribution in [0.4, 0.5) is 0 Å². The number of ether oxygens (including phenoxy) is 1. The predicted molar refractivity (Wildman–Crippen MR) is 62.9 cm³/mol. The Labute approximate surface area is 97.5 Å². The van der Waals surface area contributed by atoms with Crippen LogP contribution < -0.4 is 0 Å². The Balaban J connectivity index is 2.48. The van der Waals surface area contributed by atoms with Gasteiger partial charge in [-0.3, -0.25) is 4.79 Å². The molecule has 0 aliphatic heterocycles. The van der Waals surface area contributed by atoms with Gasteiger partial charge in [0.15, 0.2) is 0 Å². The highest BCUT2D eigenvalue weighted by atomic mass is 16.5. The number of aliphatic hydroxyl groups excluding tert-OH is 1. The van der Waals surface area contributed by atoms with Crippen LogP contribution >= 0.6 is 0 Å². The summed E-state index contributed by atoms with van der Waals surface area (Å²) in [6, 6.07) is 0. The van der Waals surface area contributed by atoms with Gasteiger partial charge in [0.25, 0.3) is 0 Å². The third-order valence-electron chi connectivity index (χ3n) is 3.40. The highest BCUT2D eigenvalue weighted by Crippen LogP contribution is 2.37. The molecule has 3 atom stereocenters. The molecule has 3 unspecified atom stereocenters. The Morgan fingerprint density at radius 2 is 2.19 bits per heavy atom. The molecular weight excluding hydrogens is 204 g/mol. The molecule has 1 aliphatic rings. The fourth-order valence-corrected chi connectivity index (χ4v) is 2.45. The van der Waals surface area contributed by atoms with Crippen LogP contribution in [0.15, 0.2) is 12.2 Å². The second-order valence-electron chi connectivity index (χ2n) is 4.46. The lowest BCUT2D eigenvalue weighted by Crippen LogP contribution is -2.21. The molecule has 0 radical (unpaired) electrons. The maximum Gasteiger partial charge on any atom is 0.305 e. The molecule has 16 heavy (non-hydrogen) atoms. The third kappa shape index (κ3) is 3.63. The van der Waals surface area contributed by atoms with Crippen molar-refractivity contribution < 1.29 is 14.6 Å². The molecule has 0 aromatic heterocycles. The SMILES string of the molecule is CC/C=C\CC1C(O)CCC1CC(=O)OC. The zero-order valence-electron chi connectivity index (χ0n) is 10.2. The first-order valence-corrected chi connectivity index (χ1v) is 6.08. The molecule has 3 heteroatoms. The number of carbonyl (C=O) groups is 1. The van der Waals surface area contributed by atoms with E-state index in [4.69, 9.17) is 0 Å². The minimum Gasteiger partial charge on any atom is -0.469 e. The van der Waals surface area contributed by atoms with Crippen LogP contribution in [-0.2, 0) is 9.53 Å². The Kier molecular flexibility index (Phi) is 5.53. The van der Waals surface area contributed by atoms with Crippen LogP contribution in [0.5, 0.6) is 0 Å². The van der Waals surface area contributed by atoms with E-state index in [2.05, 4.69) is 23.8 Å². The average molecular weight is 226 g/mol. The lowest BCUT2D eigenvalue weighted by molar-refractivity contribution is -0.142. The summed E-state index contributed by atoms with van der Waals surface area (Å²) in [4.78, 5) is 11.2. The molecule has 1 fully saturated rings. The number of allylic oxidation sites excluding steroid dienone is 2. The van der Waals surface area contributed by atoms with Crippen LogP contribution in [0.25, 0.3) is 0 Å². The maximum absolute atomic E-state index is 11.2. The van der Waals surface area contributed by atoms with E-state index in [1.165, 1.54) is 7.11 Å². The lowest BCUT2D eigenvalue weighted by Gasteiger charge is -2.19. The van der Waals surface area contributed by atoms with E-state index in [0.717, 1.165) is 25.7 Å². The van der Waals surface area contributed by atoms with Gasteiger partial charge in [0, 0.05) is 6.42 Å². The fraction of sp³-hybridized carbons (Fsp3) is 0.769. The van der Waals surface area contributed by atoms with Crippen LogP contribution in [0.1, 0.15) is 39.0 Å². The van der Waals surface area contributed by atoms with Crippen LogP contribution in [-0.4, -0.2) is 24.3 Å². The molecule has 1 aliphatic carbocycles. The topological polar surface area (TPSA) is 46.5 Å². The lowest BCUT2D eigenvalue weighted by atomic mass is 9.89. The molecule has 3 nitrogen and oxygen atoms in total. The molecule has 0 aromatic rings. The van der Waals surface area contributed by atoms with Gasteiger partial charge in [0.2, 0.25) is 0 Å². The highest BCUT2D eigenvalue weighted by Gasteiger charge is 2.35. The third-order valence-corrected chi connectivity index (χ3v) is 3.40. The normalized spacial score (nSPS) is 29.8. The van der Waals surface area contributed by atoms with Crippen molar-refractivity contribution in [3.8, 4) is 0 Å². The van der Waals surface area contributed by atoms with E-state index in [9.17, 15) is 9.90 Å². The van der Waals surface area contributed by atoms with Crippen molar-refractivity contribution in [3.63, 3.8) is 0 Å². The molecule has 0 spiro atoms. The van der Waals surface area contributed by atoms with Crippen LogP contribution in [0, 0.1) is 11.8 Å².